The highest BCUT2D eigenvalue weighted by Gasteiger charge is 2.37. The summed E-state index contributed by atoms with van der Waals surface area (Å²) in [6.07, 6.45) is 8.60. The number of carbonyl (C=O) groups excluding carboxylic acids is 1. The molecule has 0 radical (unpaired) electrons. The van der Waals surface area contributed by atoms with Gasteiger partial charge in [0.15, 0.2) is 0 Å². The van der Waals surface area contributed by atoms with Gasteiger partial charge in [0.05, 0.1) is 17.2 Å². The minimum absolute atomic E-state index is 0.0000882. The summed E-state index contributed by atoms with van der Waals surface area (Å²) < 4.78 is 41.1. The van der Waals surface area contributed by atoms with E-state index in [9.17, 15) is 13.2 Å². The van der Waals surface area contributed by atoms with E-state index in [2.05, 4.69) is 9.62 Å². The van der Waals surface area contributed by atoms with E-state index in [1.165, 1.54) is 6.07 Å². The van der Waals surface area contributed by atoms with E-state index in [0.29, 0.717) is 34.9 Å². The third-order valence-electron chi connectivity index (χ3n) is 8.36. The molecule has 10 heteroatoms. The Morgan fingerprint density at radius 1 is 1.10 bits per heavy atom. The topological polar surface area (TPSA) is 111 Å². The number of ether oxygens (including phenoxy) is 2. The number of hydrogen-bond donors (Lipinski definition) is 2. The van der Waals surface area contributed by atoms with Crippen molar-refractivity contribution in [3.63, 3.8) is 0 Å². The SMILES string of the molecule is CC1(C)OC/C=C/[C@H](N)[C@@H]2CC[C@H]2CN2CCCCc3cc(Cl)ccc3COc3ccc(cc32)S(=O)(=O)NC1=O. The molecule has 1 amide bonds. The fraction of sp³-hybridized carbons (Fsp3) is 0.500. The zero-order chi connectivity index (χ0) is 28.5. The van der Waals surface area contributed by atoms with Crippen molar-refractivity contribution in [1.82, 2.24) is 4.72 Å². The van der Waals surface area contributed by atoms with Crippen LogP contribution in [0.25, 0.3) is 0 Å². The zero-order valence-corrected chi connectivity index (χ0v) is 24.6. The molecule has 0 unspecified atom stereocenters. The minimum atomic E-state index is -4.16. The van der Waals surface area contributed by atoms with Crippen molar-refractivity contribution in [3.05, 3.63) is 64.7 Å². The minimum Gasteiger partial charge on any atom is -0.487 e. The van der Waals surface area contributed by atoms with Crippen molar-refractivity contribution in [3.8, 4) is 5.75 Å². The average Bonchev–Trinajstić information content (AvgIpc) is 2.91. The van der Waals surface area contributed by atoms with E-state index in [-0.39, 0.29) is 17.5 Å². The molecule has 0 spiro atoms. The Bertz CT molecular complexity index is 1390. The number of aryl methyl sites for hydroxylation is 1. The van der Waals surface area contributed by atoms with Crippen LogP contribution in [-0.2, 0) is 32.6 Å². The first kappa shape index (κ1) is 28.9. The third kappa shape index (κ3) is 6.33. The van der Waals surface area contributed by atoms with Crippen LogP contribution >= 0.6 is 11.6 Å². The zero-order valence-electron chi connectivity index (χ0n) is 23.1. The number of nitrogens with two attached hydrogens (primary N) is 1. The quantitative estimate of drug-likeness (QED) is 0.434. The predicted octanol–water partition coefficient (Wildman–Crippen LogP) is 4.59. The number of rotatable bonds is 0. The van der Waals surface area contributed by atoms with Crippen LogP contribution in [0.15, 0.2) is 53.4 Å². The summed E-state index contributed by atoms with van der Waals surface area (Å²) in [5.74, 6) is 0.523. The molecule has 3 N–H and O–H groups in total. The molecular formula is C30H38ClN3O5S. The molecule has 1 fully saturated rings. The van der Waals surface area contributed by atoms with Crippen molar-refractivity contribution >= 4 is 33.2 Å². The van der Waals surface area contributed by atoms with Crippen LogP contribution in [0.1, 0.15) is 50.7 Å². The number of carbonyl (C=O) groups is 1. The molecule has 2 aliphatic heterocycles. The Morgan fingerprint density at radius 2 is 1.93 bits per heavy atom. The number of nitrogens with zero attached hydrogens (tertiary/aromatic N) is 1. The monoisotopic (exact) mass is 587 g/mol. The van der Waals surface area contributed by atoms with Gasteiger partial charge >= 0.3 is 0 Å². The Balaban J connectivity index is 1.56. The van der Waals surface area contributed by atoms with Crippen LogP contribution in [0.3, 0.4) is 0 Å². The van der Waals surface area contributed by atoms with E-state index >= 15 is 0 Å². The summed E-state index contributed by atoms with van der Waals surface area (Å²) in [6.45, 7) is 5.06. The molecule has 1 saturated carbocycles. The van der Waals surface area contributed by atoms with Crippen LogP contribution in [0.5, 0.6) is 5.75 Å². The molecule has 5 rings (SSSR count). The van der Waals surface area contributed by atoms with E-state index < -0.39 is 21.5 Å². The van der Waals surface area contributed by atoms with Gasteiger partial charge in [-0.25, -0.2) is 13.1 Å². The molecule has 2 aromatic carbocycles. The van der Waals surface area contributed by atoms with Gasteiger partial charge in [0, 0.05) is 24.2 Å². The third-order valence-corrected chi connectivity index (χ3v) is 9.92. The van der Waals surface area contributed by atoms with Gasteiger partial charge in [-0.05, 0) is 99.2 Å². The van der Waals surface area contributed by atoms with E-state index in [1.54, 1.807) is 26.0 Å². The van der Waals surface area contributed by atoms with Gasteiger partial charge in [-0.2, -0.15) is 0 Å². The molecule has 3 aliphatic rings. The molecule has 2 heterocycles. The molecule has 40 heavy (non-hydrogen) atoms. The number of hydrogen-bond acceptors (Lipinski definition) is 7. The molecule has 3 atom stereocenters. The van der Waals surface area contributed by atoms with Crippen LogP contribution in [0.2, 0.25) is 5.02 Å². The normalized spacial score (nSPS) is 27.4. The fourth-order valence-electron chi connectivity index (χ4n) is 5.68. The number of anilines is 1. The highest BCUT2D eigenvalue weighted by atomic mass is 35.5. The Kier molecular flexibility index (Phi) is 8.47. The number of halogens is 1. The van der Waals surface area contributed by atoms with Gasteiger partial charge in [0.1, 0.15) is 18.0 Å². The molecule has 1 aliphatic carbocycles. The first-order valence-corrected chi connectivity index (χ1v) is 15.8. The number of fused-ring (bicyclic) bond motifs is 3. The number of amides is 1. The lowest BCUT2D eigenvalue weighted by molar-refractivity contribution is -0.139. The van der Waals surface area contributed by atoms with E-state index in [4.69, 9.17) is 26.8 Å². The highest BCUT2D eigenvalue weighted by Crippen LogP contribution is 2.40. The average molecular weight is 588 g/mol. The van der Waals surface area contributed by atoms with Gasteiger partial charge in [-0.15, -0.1) is 0 Å². The lowest BCUT2D eigenvalue weighted by atomic mass is 9.69. The maximum absolute atomic E-state index is 13.4. The van der Waals surface area contributed by atoms with Gasteiger partial charge in [-0.1, -0.05) is 29.8 Å². The summed E-state index contributed by atoms with van der Waals surface area (Å²) in [4.78, 5) is 15.2. The van der Waals surface area contributed by atoms with E-state index in [0.717, 1.165) is 56.3 Å². The molecule has 216 valence electrons. The maximum Gasteiger partial charge on any atom is 0.265 e. The van der Waals surface area contributed by atoms with E-state index in [1.807, 2.05) is 30.4 Å². The largest absolute Gasteiger partial charge is 0.487 e. The Hall–Kier alpha value is -2.59. The smallest absolute Gasteiger partial charge is 0.265 e. The molecule has 2 bridgehead atoms. The van der Waals surface area contributed by atoms with Crippen molar-refractivity contribution in [1.29, 1.82) is 0 Å². The molecule has 0 aromatic heterocycles. The van der Waals surface area contributed by atoms with Gasteiger partial charge in [-0.3, -0.25) is 4.79 Å². The number of benzene rings is 2. The standard InChI is InChI=1S/C30H38ClN3O5S/c1-30(2)29(35)33-40(36,37)24-11-13-28-27(17-24)34(18-21-9-12-25(21)26(32)7-5-15-39-30)14-4-3-6-20-16-23(31)10-8-22(20)19-38-28/h5,7-8,10-11,13,16-17,21,25-26H,3-4,6,9,12,14-15,18-19,32H2,1-2H3,(H,33,35)/b7-5+/t21-,25+,26-/m0/s1. The first-order chi connectivity index (χ1) is 19.0. The molecule has 8 nitrogen and oxygen atoms in total. The second-order valence-electron chi connectivity index (χ2n) is 11.5. The van der Waals surface area contributed by atoms with Crippen LogP contribution < -0.4 is 20.1 Å². The van der Waals surface area contributed by atoms with Crippen LogP contribution in [0.4, 0.5) is 5.69 Å². The molecular weight excluding hydrogens is 550 g/mol. The lowest BCUT2D eigenvalue weighted by Gasteiger charge is -2.43. The Labute approximate surface area is 241 Å². The lowest BCUT2D eigenvalue weighted by Crippen LogP contribution is -2.47. The highest BCUT2D eigenvalue weighted by molar-refractivity contribution is 7.90. The maximum atomic E-state index is 13.4. The predicted molar refractivity (Wildman–Crippen MR) is 156 cm³/mol. The Morgan fingerprint density at radius 3 is 2.70 bits per heavy atom. The van der Waals surface area contributed by atoms with Gasteiger partial charge < -0.3 is 20.1 Å². The second-order valence-corrected chi connectivity index (χ2v) is 13.6. The van der Waals surface area contributed by atoms with Gasteiger partial charge in [0.25, 0.3) is 15.9 Å². The summed E-state index contributed by atoms with van der Waals surface area (Å²) >= 11 is 6.29. The van der Waals surface area contributed by atoms with Crippen LogP contribution in [0, 0.1) is 11.8 Å². The van der Waals surface area contributed by atoms with Gasteiger partial charge in [0.2, 0.25) is 0 Å². The molecule has 2 aromatic rings. The summed E-state index contributed by atoms with van der Waals surface area (Å²) in [5, 5.41) is 0.700. The van der Waals surface area contributed by atoms with Crippen molar-refractivity contribution in [2.45, 2.75) is 69.1 Å². The summed E-state index contributed by atoms with van der Waals surface area (Å²) in [5.41, 5.74) is 8.14. The van der Waals surface area contributed by atoms with Crippen molar-refractivity contribution in [2.75, 3.05) is 24.6 Å². The first-order valence-electron chi connectivity index (χ1n) is 14.0. The molecule has 0 saturated heterocycles. The fourth-order valence-corrected chi connectivity index (χ4v) is 6.99. The van der Waals surface area contributed by atoms with Crippen molar-refractivity contribution in [2.24, 2.45) is 17.6 Å². The second kappa shape index (κ2) is 11.7. The van der Waals surface area contributed by atoms with Crippen molar-refractivity contribution < 1.29 is 22.7 Å². The summed E-state index contributed by atoms with van der Waals surface area (Å²) in [6, 6.07) is 10.5. The van der Waals surface area contributed by atoms with Crippen LogP contribution in [-0.4, -0.2) is 45.7 Å². The summed E-state index contributed by atoms with van der Waals surface area (Å²) in [7, 11) is -4.16. The number of nitrogens with one attached hydrogen (secondary N) is 1. The number of sulfonamides is 1.